The van der Waals surface area contributed by atoms with Gasteiger partial charge < -0.3 is 15.2 Å². The largest absolute Gasteiger partial charge is 0.619 e. The Morgan fingerprint density at radius 1 is 0.897 bits per heavy atom. The summed E-state index contributed by atoms with van der Waals surface area (Å²) in [5.41, 5.74) is 1.37. The molecule has 4 aromatic rings. The highest BCUT2D eigenvalue weighted by Crippen LogP contribution is 2.45. The average molecular weight is 544 g/mol. The van der Waals surface area contributed by atoms with Crippen molar-refractivity contribution in [2.75, 3.05) is 4.90 Å². The second-order valence-electron chi connectivity index (χ2n) is 10.6. The van der Waals surface area contributed by atoms with Crippen molar-refractivity contribution in [3.05, 3.63) is 119 Å². The molecule has 0 saturated carbocycles. The van der Waals surface area contributed by atoms with Crippen LogP contribution >= 0.6 is 0 Å². The molecule has 3 aromatic carbocycles. The van der Waals surface area contributed by atoms with Crippen LogP contribution in [-0.2, 0) is 27.0 Å². The molecule has 5 rings (SSSR count). The van der Waals surface area contributed by atoms with Gasteiger partial charge in [-0.2, -0.15) is 4.73 Å². The Labute approximate surface area is 227 Å². The molecule has 0 aliphatic carbocycles. The van der Waals surface area contributed by atoms with E-state index in [1.165, 1.54) is 36.7 Å². The number of rotatable bonds is 6. The molecule has 0 saturated heterocycles. The Bertz CT molecular complexity index is 1630. The number of carbonyl (C=O) groups is 1. The number of para-hydroxylation sites is 1. The van der Waals surface area contributed by atoms with E-state index >= 15 is 0 Å². The molecule has 2 heterocycles. The quantitative estimate of drug-likeness (QED) is 0.283. The second kappa shape index (κ2) is 9.60. The molecular weight excluding hydrogens is 514 g/mol. The maximum Gasteiger partial charge on any atom is 0.268 e. The summed E-state index contributed by atoms with van der Waals surface area (Å²) in [4.78, 5) is 15.4. The van der Waals surface area contributed by atoms with Gasteiger partial charge in [0, 0.05) is 23.2 Å². The normalized spacial score (nSPS) is 17.3. The summed E-state index contributed by atoms with van der Waals surface area (Å²) < 4.78 is 28.8. The van der Waals surface area contributed by atoms with Crippen LogP contribution in [0.1, 0.15) is 37.5 Å². The van der Waals surface area contributed by atoms with Gasteiger partial charge >= 0.3 is 0 Å². The van der Waals surface area contributed by atoms with Crippen LogP contribution in [0.5, 0.6) is 0 Å². The molecule has 0 bridgehead atoms. The second-order valence-corrected chi connectivity index (χ2v) is 12.3. The highest BCUT2D eigenvalue weighted by atomic mass is 32.2. The molecule has 1 atom stereocenters. The molecule has 1 aliphatic rings. The first-order valence-electron chi connectivity index (χ1n) is 12.4. The van der Waals surface area contributed by atoms with Gasteiger partial charge in [0.15, 0.2) is 18.0 Å². The molecule has 1 aliphatic heterocycles. The van der Waals surface area contributed by atoms with Crippen molar-refractivity contribution in [1.29, 1.82) is 0 Å². The van der Waals surface area contributed by atoms with Crippen LogP contribution in [0, 0.1) is 5.21 Å². The number of nitrogens with one attached hydrogen (secondary N) is 1. The first-order chi connectivity index (χ1) is 18.4. The molecule has 1 amide bonds. The lowest BCUT2D eigenvalue weighted by atomic mass is 9.87. The average Bonchev–Trinajstić information content (AvgIpc) is 3.11. The van der Waals surface area contributed by atoms with Crippen molar-refractivity contribution in [2.45, 2.75) is 43.4 Å². The van der Waals surface area contributed by atoms with Crippen LogP contribution in [0.25, 0.3) is 11.1 Å². The minimum atomic E-state index is -3.77. The number of hydrogen-bond acceptors (Lipinski definition) is 5. The number of anilines is 1. The summed E-state index contributed by atoms with van der Waals surface area (Å²) in [6.07, 6.45) is 2.87. The number of hydrogen-bond donors (Lipinski definition) is 2. The number of benzene rings is 3. The Kier molecular flexibility index (Phi) is 6.54. The first-order valence-corrected chi connectivity index (χ1v) is 13.9. The molecule has 39 heavy (non-hydrogen) atoms. The van der Waals surface area contributed by atoms with Crippen LogP contribution in [0.15, 0.2) is 102 Å². The third-order valence-electron chi connectivity index (χ3n) is 6.59. The topological polar surface area (TPSA) is 114 Å². The molecule has 1 aromatic heterocycles. The van der Waals surface area contributed by atoms with Crippen LogP contribution in [0.3, 0.4) is 0 Å². The third kappa shape index (κ3) is 5.04. The van der Waals surface area contributed by atoms with Gasteiger partial charge in [-0.15, -0.1) is 0 Å². The van der Waals surface area contributed by atoms with E-state index in [1.54, 1.807) is 62.1 Å². The molecule has 2 N–H and O–H groups in total. The van der Waals surface area contributed by atoms with Crippen LogP contribution < -0.4 is 14.4 Å². The molecule has 0 radical (unpaired) electrons. The number of carbonyl (C=O) groups excluding carboxylic acids is 1. The molecule has 200 valence electrons. The van der Waals surface area contributed by atoms with Gasteiger partial charge in [0.25, 0.3) is 5.91 Å². The van der Waals surface area contributed by atoms with E-state index < -0.39 is 27.1 Å². The van der Waals surface area contributed by atoms with E-state index in [-0.39, 0.29) is 17.0 Å². The summed E-state index contributed by atoms with van der Waals surface area (Å²) in [7, 11) is -3.77. The lowest BCUT2D eigenvalue weighted by molar-refractivity contribution is -0.605. The summed E-state index contributed by atoms with van der Waals surface area (Å²) in [6, 6.07) is 23.9. The fraction of sp³-hybridized carbons (Fsp3) is 0.200. The van der Waals surface area contributed by atoms with Gasteiger partial charge in [-0.1, -0.05) is 54.6 Å². The molecule has 9 heteroatoms. The van der Waals surface area contributed by atoms with E-state index in [4.69, 9.17) is 0 Å². The van der Waals surface area contributed by atoms with Gasteiger partial charge in [0.05, 0.1) is 17.1 Å². The van der Waals surface area contributed by atoms with E-state index in [9.17, 15) is 23.5 Å². The molecule has 0 spiro atoms. The molecule has 8 nitrogen and oxygen atoms in total. The zero-order valence-corrected chi connectivity index (χ0v) is 22.6. The highest BCUT2D eigenvalue weighted by Gasteiger charge is 2.51. The summed E-state index contributed by atoms with van der Waals surface area (Å²) >= 11 is 0. The highest BCUT2D eigenvalue weighted by molar-refractivity contribution is 7.89. The van der Waals surface area contributed by atoms with E-state index in [1.807, 2.05) is 24.3 Å². The number of sulfonamides is 1. The Balaban J connectivity index is 1.44. The SMILES string of the molecule is CC(C)(C)NS(=O)(=O)c1ccc(C2(O)C(=O)N(Cc3ccc(-c4cc[n+]([O-])cc4)cc3)c3ccccc32)cc1. The number of amides is 1. The summed E-state index contributed by atoms with van der Waals surface area (Å²) in [6.45, 7) is 5.49. The number of aliphatic hydroxyl groups is 1. The zero-order chi connectivity index (χ0) is 28.0. The lowest BCUT2D eigenvalue weighted by Crippen LogP contribution is -2.41. The fourth-order valence-electron chi connectivity index (χ4n) is 4.80. The Morgan fingerprint density at radius 2 is 1.49 bits per heavy atom. The molecule has 0 fully saturated rings. The van der Waals surface area contributed by atoms with Crippen molar-refractivity contribution in [2.24, 2.45) is 0 Å². The summed E-state index contributed by atoms with van der Waals surface area (Å²) in [5, 5.41) is 23.2. The van der Waals surface area contributed by atoms with E-state index in [0.717, 1.165) is 21.4 Å². The number of pyridine rings is 1. The van der Waals surface area contributed by atoms with E-state index in [0.29, 0.717) is 11.3 Å². The minimum absolute atomic E-state index is 0.0453. The predicted molar refractivity (Wildman–Crippen MR) is 148 cm³/mol. The predicted octanol–water partition coefficient (Wildman–Crippen LogP) is 3.85. The van der Waals surface area contributed by atoms with Crippen molar-refractivity contribution < 1.29 is 23.0 Å². The van der Waals surface area contributed by atoms with Crippen molar-refractivity contribution in [1.82, 2.24) is 4.72 Å². The van der Waals surface area contributed by atoms with Gasteiger partial charge in [0.2, 0.25) is 10.0 Å². The fourth-order valence-corrected chi connectivity index (χ4v) is 6.22. The maximum atomic E-state index is 13.8. The van der Waals surface area contributed by atoms with Gasteiger partial charge in [-0.05, 0) is 61.2 Å². The van der Waals surface area contributed by atoms with Crippen LogP contribution in [0.2, 0.25) is 0 Å². The van der Waals surface area contributed by atoms with Gasteiger partial charge in [-0.25, -0.2) is 13.1 Å². The molecular formula is C30H29N3O5S. The van der Waals surface area contributed by atoms with Crippen molar-refractivity contribution in [3.8, 4) is 11.1 Å². The maximum absolute atomic E-state index is 13.8. The van der Waals surface area contributed by atoms with Crippen LogP contribution in [0.4, 0.5) is 5.69 Å². The number of fused-ring (bicyclic) bond motifs is 1. The van der Waals surface area contributed by atoms with Gasteiger partial charge in [-0.3, -0.25) is 4.79 Å². The smallest absolute Gasteiger partial charge is 0.268 e. The lowest BCUT2D eigenvalue weighted by Gasteiger charge is -2.24. The Hall–Kier alpha value is -4.05. The standard InChI is InChI=1S/C30H29N3O5S/c1-29(2,3)31-39(37,38)25-14-12-24(13-15-25)30(35)26-6-4-5-7-27(26)33(28(30)34)20-21-8-10-22(11-9-21)23-16-18-32(36)19-17-23/h4-19,31,35H,20H2,1-3H3. The van der Waals surface area contributed by atoms with Crippen LogP contribution in [-0.4, -0.2) is 25.0 Å². The summed E-state index contributed by atoms with van der Waals surface area (Å²) in [5.74, 6) is -0.515. The first kappa shape index (κ1) is 26.6. The monoisotopic (exact) mass is 543 g/mol. The zero-order valence-electron chi connectivity index (χ0n) is 21.8. The van der Waals surface area contributed by atoms with Crippen molar-refractivity contribution >= 4 is 21.6 Å². The number of aromatic nitrogens is 1. The molecule has 1 unspecified atom stereocenters. The number of nitrogens with zero attached hydrogens (tertiary/aromatic N) is 2. The van der Waals surface area contributed by atoms with Crippen molar-refractivity contribution in [3.63, 3.8) is 0 Å². The third-order valence-corrected chi connectivity index (χ3v) is 8.37. The minimum Gasteiger partial charge on any atom is -0.619 e. The van der Waals surface area contributed by atoms with E-state index in [2.05, 4.69) is 4.72 Å². The Morgan fingerprint density at radius 3 is 2.10 bits per heavy atom. The van der Waals surface area contributed by atoms with Gasteiger partial charge in [0.1, 0.15) is 0 Å².